The Balaban J connectivity index is 2.06. The van der Waals surface area contributed by atoms with Crippen LogP contribution in [0.15, 0.2) is 42.9 Å². The zero-order valence-electron chi connectivity index (χ0n) is 10.8. The van der Waals surface area contributed by atoms with Gasteiger partial charge in [-0.15, -0.1) is 0 Å². The van der Waals surface area contributed by atoms with Crippen molar-refractivity contribution < 1.29 is 4.79 Å². The zero-order chi connectivity index (χ0) is 14.1. The lowest BCUT2D eigenvalue weighted by Crippen LogP contribution is -2.27. The molecule has 1 saturated heterocycles. The average Bonchev–Trinajstić information content (AvgIpc) is 3.09. The number of likely N-dealkylation sites (tertiary alicyclic amines) is 1. The molecule has 1 aromatic heterocycles. The Morgan fingerprint density at radius 1 is 1.30 bits per heavy atom. The van der Waals surface area contributed by atoms with Gasteiger partial charge in [0, 0.05) is 17.3 Å². The molecule has 6 heteroatoms. The lowest BCUT2D eigenvalue weighted by atomic mass is 10.1. The highest BCUT2D eigenvalue weighted by Gasteiger charge is 2.25. The van der Waals surface area contributed by atoms with Gasteiger partial charge in [0.25, 0.3) is 5.91 Å². The first-order valence-electron chi connectivity index (χ1n) is 6.33. The quantitative estimate of drug-likeness (QED) is 0.854. The molecule has 0 aliphatic carbocycles. The molecule has 5 nitrogen and oxygen atoms in total. The summed E-state index contributed by atoms with van der Waals surface area (Å²) in [6.07, 6.45) is 4.93. The highest BCUT2D eigenvalue weighted by atomic mass is 35.5. The fourth-order valence-corrected chi connectivity index (χ4v) is 2.49. The molecule has 1 aliphatic rings. The summed E-state index contributed by atoms with van der Waals surface area (Å²) < 4.78 is 0. The number of hydrogen-bond donors (Lipinski definition) is 0. The van der Waals surface area contributed by atoms with Crippen LogP contribution in [0.4, 0.5) is 0 Å². The van der Waals surface area contributed by atoms with Crippen molar-refractivity contribution >= 4 is 17.5 Å². The van der Waals surface area contributed by atoms with Crippen molar-refractivity contribution in [1.82, 2.24) is 19.9 Å². The second-order valence-corrected chi connectivity index (χ2v) is 5.04. The van der Waals surface area contributed by atoms with Crippen LogP contribution >= 0.6 is 11.6 Å². The summed E-state index contributed by atoms with van der Waals surface area (Å²) >= 11 is 6.02. The Morgan fingerprint density at radius 3 is 2.70 bits per heavy atom. The van der Waals surface area contributed by atoms with Crippen molar-refractivity contribution in [3.63, 3.8) is 0 Å². The number of carbonyl (C=O) groups excluding carboxylic acids is 1. The van der Waals surface area contributed by atoms with Crippen LogP contribution in [0.25, 0.3) is 5.69 Å². The molecule has 1 amide bonds. The summed E-state index contributed by atoms with van der Waals surface area (Å²) in [6.45, 7) is 4.62. The van der Waals surface area contributed by atoms with Gasteiger partial charge in [0.1, 0.15) is 0 Å². The van der Waals surface area contributed by atoms with Crippen LogP contribution in [0, 0.1) is 0 Å². The molecule has 0 unspecified atom stereocenters. The molecular weight excluding hydrogens is 276 g/mol. The second kappa shape index (κ2) is 5.09. The molecule has 1 aromatic carbocycles. The third-order valence-corrected chi connectivity index (χ3v) is 3.53. The van der Waals surface area contributed by atoms with Crippen molar-refractivity contribution in [2.45, 2.75) is 12.8 Å². The number of nitrogens with zero attached hydrogens (tertiary/aromatic N) is 4. The molecule has 0 atom stereocenters. The lowest BCUT2D eigenvalue weighted by Gasteiger charge is -2.18. The van der Waals surface area contributed by atoms with E-state index in [4.69, 9.17) is 11.6 Å². The molecular formula is C14H13ClN4O. The molecule has 102 valence electrons. The Hall–Kier alpha value is -2.14. The van der Waals surface area contributed by atoms with Crippen molar-refractivity contribution in [3.8, 4) is 5.69 Å². The van der Waals surface area contributed by atoms with Crippen molar-refractivity contribution in [1.29, 1.82) is 0 Å². The maximum atomic E-state index is 12.7. The smallest absolute Gasteiger partial charge is 0.260 e. The second-order valence-electron chi connectivity index (χ2n) is 4.61. The molecule has 0 spiro atoms. The first kappa shape index (κ1) is 12.9. The first-order valence-corrected chi connectivity index (χ1v) is 6.70. The monoisotopic (exact) mass is 288 g/mol. The summed E-state index contributed by atoms with van der Waals surface area (Å²) in [7, 11) is 0. The largest absolute Gasteiger partial charge is 0.313 e. The van der Waals surface area contributed by atoms with E-state index in [1.807, 2.05) is 0 Å². The van der Waals surface area contributed by atoms with Crippen molar-refractivity contribution in [3.05, 3.63) is 53.5 Å². The Kier molecular flexibility index (Phi) is 3.28. The number of halogens is 1. The third kappa shape index (κ3) is 2.20. The van der Waals surface area contributed by atoms with E-state index in [-0.39, 0.29) is 5.91 Å². The van der Waals surface area contributed by atoms with Gasteiger partial charge in [-0.25, -0.2) is 0 Å². The molecule has 20 heavy (non-hydrogen) atoms. The van der Waals surface area contributed by atoms with E-state index >= 15 is 0 Å². The van der Waals surface area contributed by atoms with E-state index in [1.54, 1.807) is 35.5 Å². The minimum Gasteiger partial charge on any atom is -0.313 e. The summed E-state index contributed by atoms with van der Waals surface area (Å²) in [5.74, 6) is -0.109. The van der Waals surface area contributed by atoms with Gasteiger partial charge in [-0.1, -0.05) is 18.2 Å². The van der Waals surface area contributed by atoms with Gasteiger partial charge < -0.3 is 4.90 Å². The average molecular weight is 289 g/mol. The van der Waals surface area contributed by atoms with Gasteiger partial charge >= 0.3 is 0 Å². The van der Waals surface area contributed by atoms with Crippen LogP contribution in [-0.4, -0.2) is 32.3 Å². The molecule has 0 radical (unpaired) electrons. The lowest BCUT2D eigenvalue weighted by molar-refractivity contribution is 0.0825. The number of benzene rings is 1. The van der Waals surface area contributed by atoms with E-state index in [1.165, 1.54) is 4.80 Å². The highest BCUT2D eigenvalue weighted by Crippen LogP contribution is 2.26. The first-order chi connectivity index (χ1) is 9.66. The van der Waals surface area contributed by atoms with Gasteiger partial charge in [-0.3, -0.25) is 4.79 Å². The van der Waals surface area contributed by atoms with Gasteiger partial charge in [0.15, 0.2) is 0 Å². The highest BCUT2D eigenvalue weighted by molar-refractivity contribution is 6.31. The van der Waals surface area contributed by atoms with Gasteiger partial charge in [0.05, 0.1) is 23.6 Å². The normalized spacial score (nSPS) is 14.8. The van der Waals surface area contributed by atoms with E-state index < -0.39 is 0 Å². The summed E-state index contributed by atoms with van der Waals surface area (Å²) in [4.78, 5) is 15.8. The zero-order valence-corrected chi connectivity index (χ0v) is 11.5. The Labute approximate surface area is 121 Å². The molecule has 2 aromatic rings. The number of allylic oxidation sites excluding steroid dienone is 1. The standard InChI is InChI=1S/C14H13ClN4O/c1-10-3-2-8-18(10)14(20)12-9-11(15)4-5-13(12)19-16-6-7-17-19/h4-7,9H,1-3,8H2. The van der Waals surface area contributed by atoms with E-state index in [0.29, 0.717) is 22.8 Å². The van der Waals surface area contributed by atoms with Crippen LogP contribution in [-0.2, 0) is 0 Å². The van der Waals surface area contributed by atoms with Gasteiger partial charge in [-0.05, 0) is 31.0 Å². The summed E-state index contributed by atoms with van der Waals surface area (Å²) in [5, 5.41) is 8.66. The third-order valence-electron chi connectivity index (χ3n) is 3.30. The summed E-state index contributed by atoms with van der Waals surface area (Å²) in [5.41, 5.74) is 1.94. The number of amides is 1. The summed E-state index contributed by atoms with van der Waals surface area (Å²) in [6, 6.07) is 5.11. The van der Waals surface area contributed by atoms with E-state index in [0.717, 1.165) is 18.5 Å². The number of rotatable bonds is 2. The molecule has 0 saturated carbocycles. The topological polar surface area (TPSA) is 51.0 Å². The van der Waals surface area contributed by atoms with Crippen LogP contribution in [0.3, 0.4) is 0 Å². The SMILES string of the molecule is C=C1CCCN1C(=O)c1cc(Cl)ccc1-n1nccn1. The molecule has 1 fully saturated rings. The van der Waals surface area contributed by atoms with Crippen molar-refractivity contribution in [2.24, 2.45) is 0 Å². The Morgan fingerprint density at radius 2 is 2.05 bits per heavy atom. The molecule has 0 N–H and O–H groups in total. The maximum Gasteiger partial charge on any atom is 0.260 e. The van der Waals surface area contributed by atoms with Gasteiger partial charge in [0.2, 0.25) is 0 Å². The molecule has 3 rings (SSSR count). The fraction of sp³-hybridized carbons (Fsp3) is 0.214. The van der Waals surface area contributed by atoms with Crippen LogP contribution in [0.5, 0.6) is 0 Å². The minimum atomic E-state index is -0.109. The van der Waals surface area contributed by atoms with Gasteiger partial charge in [-0.2, -0.15) is 15.0 Å². The molecule has 2 heterocycles. The minimum absolute atomic E-state index is 0.109. The number of hydrogen-bond acceptors (Lipinski definition) is 3. The van der Waals surface area contributed by atoms with Crippen LogP contribution in [0.1, 0.15) is 23.2 Å². The Bertz CT molecular complexity index is 666. The predicted octanol–water partition coefficient (Wildman–Crippen LogP) is 2.67. The molecule has 1 aliphatic heterocycles. The van der Waals surface area contributed by atoms with Crippen LogP contribution in [0.2, 0.25) is 5.02 Å². The van der Waals surface area contributed by atoms with Crippen molar-refractivity contribution in [2.75, 3.05) is 6.54 Å². The van der Waals surface area contributed by atoms with Crippen LogP contribution < -0.4 is 0 Å². The molecule has 0 bridgehead atoms. The van der Waals surface area contributed by atoms with E-state index in [2.05, 4.69) is 16.8 Å². The van der Waals surface area contributed by atoms with E-state index in [9.17, 15) is 4.79 Å². The fourth-order valence-electron chi connectivity index (χ4n) is 2.32. The number of aromatic nitrogens is 3. The number of carbonyl (C=O) groups is 1. The maximum absolute atomic E-state index is 12.7. The predicted molar refractivity (Wildman–Crippen MR) is 75.8 cm³/mol.